The number of thiazole rings is 1. The molecule has 1 fully saturated rings. The fourth-order valence-electron chi connectivity index (χ4n) is 3.86. The lowest BCUT2D eigenvalue weighted by molar-refractivity contribution is -0.128. The van der Waals surface area contributed by atoms with Crippen LogP contribution in [0.5, 0.6) is 5.75 Å². The molecule has 0 atom stereocenters. The van der Waals surface area contributed by atoms with Crippen molar-refractivity contribution < 1.29 is 22.7 Å². The number of methoxy groups -OCH3 is 1. The van der Waals surface area contributed by atoms with Crippen LogP contribution in [0.4, 0.5) is 5.69 Å². The number of benzene rings is 2. The van der Waals surface area contributed by atoms with E-state index in [-0.39, 0.29) is 0 Å². The fraction of sp³-hybridized carbons (Fsp3) is 0.348. The van der Waals surface area contributed by atoms with Crippen LogP contribution in [0.25, 0.3) is 10.2 Å². The van der Waals surface area contributed by atoms with Crippen LogP contribution in [-0.2, 0) is 26.5 Å². The van der Waals surface area contributed by atoms with Crippen LogP contribution in [0.1, 0.15) is 0 Å². The van der Waals surface area contributed by atoms with Gasteiger partial charge in [-0.25, -0.2) is 8.42 Å². The smallest absolute Gasteiger partial charge is 0.263 e. The average Bonchev–Trinajstić information content (AvgIpc) is 3.13. The Morgan fingerprint density at radius 2 is 1.74 bits per heavy atom. The van der Waals surface area contributed by atoms with Crippen molar-refractivity contribution in [2.45, 2.75) is 0 Å². The van der Waals surface area contributed by atoms with E-state index >= 15 is 0 Å². The van der Waals surface area contributed by atoms with Crippen LogP contribution in [0.15, 0.2) is 53.5 Å². The molecule has 0 unspecified atom stereocenters. The van der Waals surface area contributed by atoms with Gasteiger partial charge < -0.3 is 19.1 Å². The van der Waals surface area contributed by atoms with Crippen LogP contribution < -0.4 is 14.4 Å². The van der Waals surface area contributed by atoms with Gasteiger partial charge in [0.2, 0.25) is 5.91 Å². The minimum Gasteiger partial charge on any atom is -0.497 e. The predicted molar refractivity (Wildman–Crippen MR) is 132 cm³/mol. The standard InChI is InChI=1S/C23H26N4O5S2/c1-25-19-9-8-18(32-2)14-20(19)33-23(25)24-21(28)15-34(30,31)16-22(29)27-12-10-26(11-13-27)17-6-4-3-5-7-17/h3-9,14H,10-13,15-16H2,1-2H3. The average molecular weight is 503 g/mol. The highest BCUT2D eigenvalue weighted by molar-refractivity contribution is 7.92. The maximum Gasteiger partial charge on any atom is 0.263 e. The van der Waals surface area contributed by atoms with Crippen molar-refractivity contribution in [1.82, 2.24) is 9.47 Å². The summed E-state index contributed by atoms with van der Waals surface area (Å²) in [4.78, 5) is 33.1. The molecule has 0 N–H and O–H groups in total. The molecule has 2 amide bonds. The Kier molecular flexibility index (Phi) is 7.03. The maximum atomic E-state index is 12.6. The number of ether oxygens (including phenoxy) is 1. The third kappa shape index (κ3) is 5.48. The number of aromatic nitrogens is 1. The lowest BCUT2D eigenvalue weighted by Crippen LogP contribution is -2.50. The second-order valence-electron chi connectivity index (χ2n) is 8.02. The van der Waals surface area contributed by atoms with Gasteiger partial charge in [-0.15, -0.1) is 0 Å². The normalized spacial score (nSPS) is 15.1. The summed E-state index contributed by atoms with van der Waals surface area (Å²) >= 11 is 1.26. The summed E-state index contributed by atoms with van der Waals surface area (Å²) in [5.41, 5.74) is 1.92. The third-order valence-electron chi connectivity index (χ3n) is 5.68. The van der Waals surface area contributed by atoms with Gasteiger partial charge in [0.1, 0.15) is 17.3 Å². The first kappa shape index (κ1) is 24.0. The Labute approximate surface area is 201 Å². The quantitative estimate of drug-likeness (QED) is 0.506. The molecule has 4 rings (SSSR count). The SMILES string of the molecule is COc1ccc2c(c1)sc(=NC(=O)CS(=O)(=O)CC(=O)N1CCN(c3ccccc3)CC1)n2C. The Bertz CT molecular complexity index is 1370. The van der Waals surface area contributed by atoms with Crippen molar-refractivity contribution in [1.29, 1.82) is 0 Å². The summed E-state index contributed by atoms with van der Waals surface area (Å²) < 4.78 is 32.9. The number of anilines is 1. The van der Waals surface area contributed by atoms with E-state index in [1.165, 1.54) is 16.2 Å². The number of carbonyl (C=O) groups is 2. The van der Waals surface area contributed by atoms with Gasteiger partial charge in [0.05, 0.1) is 17.3 Å². The first-order valence-corrected chi connectivity index (χ1v) is 13.4. The second kappa shape index (κ2) is 9.98. The van der Waals surface area contributed by atoms with E-state index in [1.807, 2.05) is 42.5 Å². The molecule has 0 bridgehead atoms. The highest BCUT2D eigenvalue weighted by Crippen LogP contribution is 2.22. The van der Waals surface area contributed by atoms with E-state index in [4.69, 9.17) is 4.74 Å². The third-order valence-corrected chi connectivity index (χ3v) is 8.15. The molecule has 1 aromatic heterocycles. The van der Waals surface area contributed by atoms with Crippen molar-refractivity contribution in [2.75, 3.05) is 49.7 Å². The Hall–Kier alpha value is -3.18. The van der Waals surface area contributed by atoms with Crippen molar-refractivity contribution in [3.8, 4) is 5.75 Å². The minimum absolute atomic E-state index is 0.381. The zero-order chi connectivity index (χ0) is 24.3. The van der Waals surface area contributed by atoms with Gasteiger partial charge in [0.25, 0.3) is 5.91 Å². The molecule has 9 nitrogen and oxygen atoms in total. The Balaban J connectivity index is 1.37. The topological polar surface area (TPSA) is 101 Å². The van der Waals surface area contributed by atoms with E-state index in [0.29, 0.717) is 36.7 Å². The molecule has 11 heteroatoms. The van der Waals surface area contributed by atoms with Crippen molar-refractivity contribution in [3.05, 3.63) is 53.3 Å². The first-order valence-electron chi connectivity index (χ1n) is 10.7. The van der Waals surface area contributed by atoms with Gasteiger partial charge in [-0.05, 0) is 30.3 Å². The molecule has 180 valence electrons. The number of para-hydroxylation sites is 1. The number of rotatable bonds is 6. The maximum absolute atomic E-state index is 12.6. The second-order valence-corrected chi connectivity index (χ2v) is 11.1. The number of hydrogen-bond donors (Lipinski definition) is 0. The van der Waals surface area contributed by atoms with Gasteiger partial charge in [-0.1, -0.05) is 29.5 Å². The lowest BCUT2D eigenvalue weighted by Gasteiger charge is -2.36. The van der Waals surface area contributed by atoms with Gasteiger partial charge in [-0.3, -0.25) is 9.59 Å². The van der Waals surface area contributed by atoms with E-state index in [1.54, 1.807) is 24.8 Å². The molecule has 0 saturated carbocycles. The zero-order valence-corrected chi connectivity index (χ0v) is 20.6. The van der Waals surface area contributed by atoms with Crippen LogP contribution in [0.3, 0.4) is 0 Å². The molecule has 0 radical (unpaired) electrons. The van der Waals surface area contributed by atoms with E-state index in [2.05, 4.69) is 9.89 Å². The molecular weight excluding hydrogens is 476 g/mol. The predicted octanol–water partition coefficient (Wildman–Crippen LogP) is 1.44. The number of aryl methyl sites for hydroxylation is 1. The molecule has 1 aliphatic heterocycles. The number of nitrogens with zero attached hydrogens (tertiary/aromatic N) is 4. The summed E-state index contributed by atoms with van der Waals surface area (Å²) in [6, 6.07) is 15.3. The molecule has 1 aliphatic rings. The summed E-state index contributed by atoms with van der Waals surface area (Å²) in [5, 5.41) is 0. The van der Waals surface area contributed by atoms with Gasteiger partial charge in [0, 0.05) is 38.9 Å². The van der Waals surface area contributed by atoms with Crippen LogP contribution in [-0.4, -0.2) is 74.5 Å². The number of amides is 2. The highest BCUT2D eigenvalue weighted by Gasteiger charge is 2.27. The largest absolute Gasteiger partial charge is 0.497 e. The van der Waals surface area contributed by atoms with Crippen molar-refractivity contribution in [3.63, 3.8) is 0 Å². The van der Waals surface area contributed by atoms with Crippen molar-refractivity contribution >= 4 is 48.9 Å². The van der Waals surface area contributed by atoms with Crippen LogP contribution in [0.2, 0.25) is 0 Å². The molecule has 0 spiro atoms. The lowest BCUT2D eigenvalue weighted by atomic mass is 10.2. The monoisotopic (exact) mass is 502 g/mol. The number of fused-ring (bicyclic) bond motifs is 1. The minimum atomic E-state index is -3.94. The molecule has 2 heterocycles. The first-order chi connectivity index (χ1) is 16.3. The molecule has 2 aromatic carbocycles. The molecule has 3 aromatic rings. The van der Waals surface area contributed by atoms with E-state index in [9.17, 15) is 18.0 Å². The summed E-state index contributed by atoms with van der Waals surface area (Å²) in [6.07, 6.45) is 0. The Morgan fingerprint density at radius 3 is 2.41 bits per heavy atom. The zero-order valence-electron chi connectivity index (χ0n) is 19.0. The molecule has 0 aliphatic carbocycles. The molecule has 1 saturated heterocycles. The van der Waals surface area contributed by atoms with E-state index in [0.717, 1.165) is 15.9 Å². The van der Waals surface area contributed by atoms with E-state index < -0.39 is 33.2 Å². The number of hydrogen-bond acceptors (Lipinski definition) is 7. The number of piperazine rings is 1. The highest BCUT2D eigenvalue weighted by atomic mass is 32.2. The Morgan fingerprint density at radius 1 is 1.03 bits per heavy atom. The molecule has 34 heavy (non-hydrogen) atoms. The summed E-state index contributed by atoms with van der Waals surface area (Å²) in [5.74, 6) is -2.11. The number of carbonyl (C=O) groups excluding carboxylic acids is 2. The van der Waals surface area contributed by atoms with Crippen LogP contribution >= 0.6 is 11.3 Å². The van der Waals surface area contributed by atoms with Gasteiger partial charge >= 0.3 is 0 Å². The molecular formula is C23H26N4O5S2. The van der Waals surface area contributed by atoms with Gasteiger partial charge in [0.15, 0.2) is 14.6 Å². The van der Waals surface area contributed by atoms with Gasteiger partial charge in [-0.2, -0.15) is 4.99 Å². The summed E-state index contributed by atoms with van der Waals surface area (Å²) in [7, 11) is -0.619. The van der Waals surface area contributed by atoms with Crippen molar-refractivity contribution in [2.24, 2.45) is 12.0 Å². The summed E-state index contributed by atoms with van der Waals surface area (Å²) in [6.45, 7) is 2.11. The fourth-order valence-corrected chi connectivity index (χ4v) is 6.02. The number of sulfone groups is 1. The van der Waals surface area contributed by atoms with Crippen LogP contribution in [0, 0.1) is 0 Å².